The summed E-state index contributed by atoms with van der Waals surface area (Å²) < 4.78 is 1.95. The quantitative estimate of drug-likeness (QED) is 0.375. The Morgan fingerprint density at radius 3 is 2.54 bits per heavy atom. The van der Waals surface area contributed by atoms with E-state index in [0.29, 0.717) is 17.5 Å². The highest BCUT2D eigenvalue weighted by atomic mass is 32.2. The third kappa shape index (κ3) is 4.45. The number of thioether (sulfide) groups is 1. The van der Waals surface area contributed by atoms with Crippen LogP contribution in [0.2, 0.25) is 0 Å². The molecule has 2 heterocycles. The van der Waals surface area contributed by atoms with Crippen LogP contribution in [0.5, 0.6) is 0 Å². The number of allylic oxidation sites excluding steroid dienone is 2. The minimum Gasteiger partial charge on any atom is -0.401 e. The van der Waals surface area contributed by atoms with Gasteiger partial charge in [-0.1, -0.05) is 42.1 Å². The van der Waals surface area contributed by atoms with Crippen molar-refractivity contribution in [2.24, 2.45) is 5.73 Å². The van der Waals surface area contributed by atoms with Crippen molar-refractivity contribution >= 4 is 17.5 Å². The third-order valence-corrected chi connectivity index (χ3v) is 4.92. The number of benzene rings is 1. The molecule has 0 saturated carbocycles. The number of aromatic nitrogens is 4. The molecule has 0 amide bonds. The zero-order valence-electron chi connectivity index (χ0n) is 15.2. The molecule has 0 fully saturated rings. The highest BCUT2D eigenvalue weighted by Gasteiger charge is 2.18. The number of carbonyl (C=O) groups is 1. The standard InChI is InChI=1S/C20H18N6OS/c1-14(22)17(11-21)18(27)13-28-20-25-24-19(16-7-9-23-10-8-16)26(20)12-15-5-3-2-4-6-15/h2-10H,12-13,22H2,1H3. The summed E-state index contributed by atoms with van der Waals surface area (Å²) >= 11 is 1.23. The molecule has 1 aromatic carbocycles. The first-order valence-corrected chi connectivity index (χ1v) is 9.48. The van der Waals surface area contributed by atoms with Gasteiger partial charge in [0.05, 0.1) is 12.3 Å². The lowest BCUT2D eigenvalue weighted by molar-refractivity contribution is -0.112. The Kier molecular flexibility index (Phi) is 6.19. The molecule has 0 aliphatic carbocycles. The molecule has 0 bridgehead atoms. The number of Topliss-reactive ketones (excluding diaryl/α,β-unsaturated/α-hetero) is 1. The fourth-order valence-corrected chi connectivity index (χ4v) is 3.40. The molecule has 0 aliphatic heterocycles. The Hall–Kier alpha value is -3.44. The first-order chi connectivity index (χ1) is 13.6. The number of carbonyl (C=O) groups excluding carboxylic acids is 1. The van der Waals surface area contributed by atoms with Gasteiger partial charge in [-0.15, -0.1) is 10.2 Å². The largest absolute Gasteiger partial charge is 0.401 e. The molecule has 2 N–H and O–H groups in total. The summed E-state index contributed by atoms with van der Waals surface area (Å²) in [6, 6.07) is 15.5. The van der Waals surface area contributed by atoms with Crippen molar-refractivity contribution in [1.29, 1.82) is 5.26 Å². The van der Waals surface area contributed by atoms with Crippen LogP contribution < -0.4 is 5.73 Å². The van der Waals surface area contributed by atoms with Gasteiger partial charge >= 0.3 is 0 Å². The van der Waals surface area contributed by atoms with Crippen molar-refractivity contribution in [3.63, 3.8) is 0 Å². The van der Waals surface area contributed by atoms with Crippen molar-refractivity contribution in [2.75, 3.05) is 5.75 Å². The van der Waals surface area contributed by atoms with E-state index in [1.807, 2.05) is 53.1 Å². The Morgan fingerprint density at radius 1 is 1.18 bits per heavy atom. The number of nitriles is 1. The van der Waals surface area contributed by atoms with Crippen LogP contribution in [0.25, 0.3) is 11.4 Å². The molecular weight excluding hydrogens is 372 g/mol. The first kappa shape index (κ1) is 19.3. The van der Waals surface area contributed by atoms with E-state index in [9.17, 15) is 4.79 Å². The van der Waals surface area contributed by atoms with Gasteiger partial charge in [-0.3, -0.25) is 14.3 Å². The van der Waals surface area contributed by atoms with E-state index in [-0.39, 0.29) is 22.8 Å². The second kappa shape index (κ2) is 8.97. The Labute approximate surface area is 166 Å². The highest BCUT2D eigenvalue weighted by Crippen LogP contribution is 2.25. The summed E-state index contributed by atoms with van der Waals surface area (Å²) in [6.07, 6.45) is 3.39. The predicted octanol–water partition coefficient (Wildman–Crippen LogP) is 2.81. The minimum absolute atomic E-state index is 0.0176. The fraction of sp³-hybridized carbons (Fsp3) is 0.150. The van der Waals surface area contributed by atoms with Crippen molar-refractivity contribution in [3.8, 4) is 17.5 Å². The molecule has 2 aromatic heterocycles. The average molecular weight is 390 g/mol. The topological polar surface area (TPSA) is 110 Å². The molecule has 0 radical (unpaired) electrons. The Bertz CT molecular complexity index is 1030. The zero-order valence-corrected chi connectivity index (χ0v) is 16.1. The molecular formula is C20H18N6OS. The van der Waals surface area contributed by atoms with E-state index in [4.69, 9.17) is 11.0 Å². The van der Waals surface area contributed by atoms with Crippen LogP contribution in [0.1, 0.15) is 12.5 Å². The van der Waals surface area contributed by atoms with Crippen molar-refractivity contribution in [3.05, 3.63) is 71.7 Å². The monoisotopic (exact) mass is 390 g/mol. The summed E-state index contributed by atoms with van der Waals surface area (Å²) in [5, 5.41) is 18.3. The molecule has 0 saturated heterocycles. The summed E-state index contributed by atoms with van der Waals surface area (Å²) in [7, 11) is 0. The molecule has 8 heteroatoms. The molecule has 140 valence electrons. The zero-order chi connectivity index (χ0) is 19.9. The van der Waals surface area contributed by atoms with Gasteiger partial charge < -0.3 is 5.73 Å². The van der Waals surface area contributed by atoms with Crippen LogP contribution in [0, 0.1) is 11.3 Å². The second-order valence-corrected chi connectivity index (χ2v) is 6.94. The number of hydrogen-bond acceptors (Lipinski definition) is 7. The van der Waals surface area contributed by atoms with Gasteiger partial charge in [-0.2, -0.15) is 5.26 Å². The maximum atomic E-state index is 12.3. The predicted molar refractivity (Wildman–Crippen MR) is 107 cm³/mol. The van der Waals surface area contributed by atoms with Gasteiger partial charge in [0.2, 0.25) is 0 Å². The van der Waals surface area contributed by atoms with Crippen LogP contribution in [-0.4, -0.2) is 31.3 Å². The SMILES string of the molecule is CC(N)=C(C#N)C(=O)CSc1nnc(-c2ccncc2)n1Cc1ccccc1. The van der Waals surface area contributed by atoms with E-state index >= 15 is 0 Å². The van der Waals surface area contributed by atoms with Gasteiger partial charge in [0, 0.05) is 23.7 Å². The summed E-state index contributed by atoms with van der Waals surface area (Å²) in [4.78, 5) is 16.3. The molecule has 0 unspecified atom stereocenters. The average Bonchev–Trinajstić information content (AvgIpc) is 3.10. The number of hydrogen-bond donors (Lipinski definition) is 1. The molecule has 0 spiro atoms. The Balaban J connectivity index is 1.91. The van der Waals surface area contributed by atoms with Crippen molar-refractivity contribution in [2.45, 2.75) is 18.6 Å². The maximum absolute atomic E-state index is 12.3. The van der Waals surface area contributed by atoms with Crippen LogP contribution in [-0.2, 0) is 11.3 Å². The molecule has 0 aliphatic rings. The van der Waals surface area contributed by atoms with Crippen molar-refractivity contribution < 1.29 is 4.79 Å². The van der Waals surface area contributed by atoms with Crippen LogP contribution in [0.4, 0.5) is 0 Å². The minimum atomic E-state index is -0.327. The number of nitrogens with zero attached hydrogens (tertiary/aromatic N) is 5. The summed E-state index contributed by atoms with van der Waals surface area (Å²) in [6.45, 7) is 2.10. The molecule has 0 atom stereocenters. The molecule has 3 aromatic rings. The van der Waals surface area contributed by atoms with Crippen LogP contribution in [0.3, 0.4) is 0 Å². The number of pyridine rings is 1. The van der Waals surface area contributed by atoms with E-state index < -0.39 is 0 Å². The number of rotatable bonds is 7. The molecule has 28 heavy (non-hydrogen) atoms. The van der Waals surface area contributed by atoms with E-state index in [1.165, 1.54) is 11.8 Å². The number of ketones is 1. The third-order valence-electron chi connectivity index (χ3n) is 3.96. The fourth-order valence-electron chi connectivity index (χ4n) is 2.59. The first-order valence-electron chi connectivity index (χ1n) is 8.50. The molecule has 3 rings (SSSR count). The maximum Gasteiger partial charge on any atom is 0.192 e. The van der Waals surface area contributed by atoms with Crippen molar-refractivity contribution in [1.82, 2.24) is 19.7 Å². The van der Waals surface area contributed by atoms with Gasteiger partial charge in [0.15, 0.2) is 16.8 Å². The van der Waals surface area contributed by atoms with E-state index in [0.717, 1.165) is 11.1 Å². The van der Waals surface area contributed by atoms with Gasteiger partial charge in [0.25, 0.3) is 0 Å². The summed E-state index contributed by atoms with van der Waals surface area (Å²) in [5.41, 5.74) is 7.78. The summed E-state index contributed by atoms with van der Waals surface area (Å²) in [5.74, 6) is 0.417. The smallest absolute Gasteiger partial charge is 0.192 e. The van der Waals surface area contributed by atoms with Crippen LogP contribution in [0.15, 0.2) is 71.3 Å². The lowest BCUT2D eigenvalue weighted by Gasteiger charge is -2.10. The second-order valence-electron chi connectivity index (χ2n) is 6.00. The van der Waals surface area contributed by atoms with Gasteiger partial charge in [-0.25, -0.2) is 0 Å². The molecule has 7 nitrogen and oxygen atoms in total. The Morgan fingerprint density at radius 2 is 1.89 bits per heavy atom. The van der Waals surface area contributed by atoms with Gasteiger partial charge in [0.1, 0.15) is 11.6 Å². The lowest BCUT2D eigenvalue weighted by Crippen LogP contribution is -2.11. The lowest BCUT2D eigenvalue weighted by atomic mass is 10.2. The van der Waals surface area contributed by atoms with Gasteiger partial charge in [-0.05, 0) is 24.6 Å². The highest BCUT2D eigenvalue weighted by molar-refractivity contribution is 7.99. The van der Waals surface area contributed by atoms with E-state index in [1.54, 1.807) is 19.3 Å². The van der Waals surface area contributed by atoms with E-state index in [2.05, 4.69) is 15.2 Å². The normalized spacial score (nSPS) is 11.6. The van der Waals surface area contributed by atoms with Crippen LogP contribution >= 0.6 is 11.8 Å². The number of nitrogens with two attached hydrogens (primary N) is 1.